The minimum atomic E-state index is -0.203. The standard InChI is InChI=1S/C20H19N7OS/c1-12-7-8-14-15(9-12)29-20(24-14)25-18-17(21)19(23-11-22-18)27-26-16(28)10-13-5-3-2-4-6-13/h2-9,11H,10,21H2,1H3,(H,26,28)(H2,22,23,24,25,27). The molecule has 0 atom stereocenters. The van der Waals surface area contributed by atoms with Gasteiger partial charge in [0.2, 0.25) is 5.91 Å². The van der Waals surface area contributed by atoms with Gasteiger partial charge in [0.25, 0.3) is 0 Å². The summed E-state index contributed by atoms with van der Waals surface area (Å²) in [6.07, 6.45) is 1.61. The van der Waals surface area contributed by atoms with E-state index in [0.717, 1.165) is 15.8 Å². The molecule has 5 N–H and O–H groups in total. The summed E-state index contributed by atoms with van der Waals surface area (Å²) in [5.41, 5.74) is 14.8. The number of aromatic nitrogens is 3. The molecule has 0 fully saturated rings. The van der Waals surface area contributed by atoms with E-state index in [-0.39, 0.29) is 18.0 Å². The van der Waals surface area contributed by atoms with Crippen molar-refractivity contribution in [3.63, 3.8) is 0 Å². The molecule has 0 aliphatic heterocycles. The molecular formula is C20H19N7OS. The van der Waals surface area contributed by atoms with Crippen LogP contribution in [-0.2, 0) is 11.2 Å². The number of carbonyl (C=O) groups excluding carboxylic acids is 1. The van der Waals surface area contributed by atoms with E-state index in [1.807, 2.05) is 49.4 Å². The van der Waals surface area contributed by atoms with Gasteiger partial charge in [-0.3, -0.25) is 15.6 Å². The summed E-state index contributed by atoms with van der Waals surface area (Å²) in [5, 5.41) is 3.80. The molecule has 0 saturated heterocycles. The van der Waals surface area contributed by atoms with Crippen molar-refractivity contribution < 1.29 is 4.79 Å². The number of carbonyl (C=O) groups is 1. The van der Waals surface area contributed by atoms with Crippen molar-refractivity contribution in [2.24, 2.45) is 0 Å². The van der Waals surface area contributed by atoms with Gasteiger partial charge in [0.15, 0.2) is 16.8 Å². The zero-order chi connectivity index (χ0) is 20.2. The lowest BCUT2D eigenvalue weighted by atomic mass is 10.1. The van der Waals surface area contributed by atoms with Gasteiger partial charge in [-0.1, -0.05) is 47.7 Å². The van der Waals surface area contributed by atoms with Gasteiger partial charge in [0.05, 0.1) is 16.6 Å². The number of benzene rings is 2. The molecule has 2 aromatic heterocycles. The fraction of sp³-hybridized carbons (Fsp3) is 0.100. The third-order valence-electron chi connectivity index (χ3n) is 4.18. The maximum absolute atomic E-state index is 12.1. The third kappa shape index (κ3) is 4.41. The average Bonchev–Trinajstić information content (AvgIpc) is 3.11. The van der Waals surface area contributed by atoms with Crippen LogP contribution in [0.4, 0.5) is 22.5 Å². The lowest BCUT2D eigenvalue weighted by Crippen LogP contribution is -2.31. The first-order chi connectivity index (χ1) is 14.1. The Morgan fingerprint density at radius 1 is 1.10 bits per heavy atom. The molecule has 0 spiro atoms. The van der Waals surface area contributed by atoms with Crippen LogP contribution in [0.1, 0.15) is 11.1 Å². The molecule has 0 unspecified atom stereocenters. The van der Waals surface area contributed by atoms with Crippen LogP contribution in [0.3, 0.4) is 0 Å². The lowest BCUT2D eigenvalue weighted by molar-refractivity contribution is -0.119. The summed E-state index contributed by atoms with van der Waals surface area (Å²) in [6.45, 7) is 2.04. The second-order valence-corrected chi connectivity index (χ2v) is 7.47. The third-order valence-corrected chi connectivity index (χ3v) is 5.11. The Morgan fingerprint density at radius 3 is 2.72 bits per heavy atom. The SMILES string of the molecule is Cc1ccc2nc(Nc3ncnc(NNC(=O)Cc4ccccc4)c3N)sc2c1. The first-order valence-electron chi connectivity index (χ1n) is 8.92. The van der Waals surface area contributed by atoms with Crippen LogP contribution >= 0.6 is 11.3 Å². The van der Waals surface area contributed by atoms with Crippen molar-refractivity contribution in [1.29, 1.82) is 0 Å². The quantitative estimate of drug-likeness (QED) is 0.363. The maximum Gasteiger partial charge on any atom is 0.242 e. The number of hydrogen-bond donors (Lipinski definition) is 4. The Kier molecular flexibility index (Phi) is 5.21. The van der Waals surface area contributed by atoms with Gasteiger partial charge in [-0.15, -0.1) is 0 Å². The van der Waals surface area contributed by atoms with E-state index in [1.165, 1.54) is 23.2 Å². The molecule has 0 aliphatic rings. The molecule has 2 heterocycles. The molecule has 4 aromatic rings. The number of amides is 1. The number of nitrogens with one attached hydrogen (secondary N) is 3. The molecule has 4 rings (SSSR count). The van der Waals surface area contributed by atoms with Gasteiger partial charge in [0.1, 0.15) is 12.0 Å². The summed E-state index contributed by atoms with van der Waals surface area (Å²) in [6, 6.07) is 15.5. The number of nitrogen functional groups attached to an aromatic ring is 1. The highest BCUT2D eigenvalue weighted by Gasteiger charge is 2.12. The molecule has 2 aromatic carbocycles. The number of hydrazine groups is 1. The topological polar surface area (TPSA) is 118 Å². The molecule has 9 heteroatoms. The lowest BCUT2D eigenvalue weighted by Gasteiger charge is -2.12. The highest BCUT2D eigenvalue weighted by molar-refractivity contribution is 7.22. The number of anilines is 4. The molecule has 0 bridgehead atoms. The molecular weight excluding hydrogens is 386 g/mol. The molecule has 29 heavy (non-hydrogen) atoms. The predicted octanol–water partition coefficient (Wildman–Crippen LogP) is 3.41. The molecule has 1 amide bonds. The summed E-state index contributed by atoms with van der Waals surface area (Å²) >= 11 is 1.51. The fourth-order valence-electron chi connectivity index (χ4n) is 2.74. The normalized spacial score (nSPS) is 10.7. The molecule has 0 radical (unpaired) electrons. The van der Waals surface area contributed by atoms with Crippen molar-refractivity contribution in [2.45, 2.75) is 13.3 Å². The van der Waals surface area contributed by atoms with Crippen molar-refractivity contribution in [3.05, 3.63) is 66.0 Å². The van der Waals surface area contributed by atoms with E-state index in [0.29, 0.717) is 16.8 Å². The number of nitrogens with two attached hydrogens (primary N) is 1. The molecule has 0 saturated carbocycles. The zero-order valence-electron chi connectivity index (χ0n) is 15.6. The van der Waals surface area contributed by atoms with E-state index in [1.54, 1.807) is 0 Å². The van der Waals surface area contributed by atoms with E-state index < -0.39 is 0 Å². The van der Waals surface area contributed by atoms with Crippen molar-refractivity contribution in [3.8, 4) is 0 Å². The summed E-state index contributed by atoms with van der Waals surface area (Å²) < 4.78 is 1.08. The van der Waals surface area contributed by atoms with Crippen LogP contribution in [0.5, 0.6) is 0 Å². The van der Waals surface area contributed by atoms with Crippen molar-refractivity contribution >= 4 is 49.9 Å². The highest BCUT2D eigenvalue weighted by atomic mass is 32.1. The second kappa shape index (κ2) is 8.11. The summed E-state index contributed by atoms with van der Waals surface area (Å²) in [7, 11) is 0. The van der Waals surface area contributed by atoms with E-state index in [4.69, 9.17) is 5.73 Å². The Morgan fingerprint density at radius 2 is 1.90 bits per heavy atom. The van der Waals surface area contributed by atoms with E-state index in [9.17, 15) is 4.79 Å². The number of nitrogens with zero attached hydrogens (tertiary/aromatic N) is 3. The van der Waals surface area contributed by atoms with Crippen molar-refractivity contribution in [2.75, 3.05) is 16.5 Å². The van der Waals surface area contributed by atoms with Gasteiger partial charge >= 0.3 is 0 Å². The number of fused-ring (bicyclic) bond motifs is 1. The molecule has 0 aliphatic carbocycles. The first kappa shape index (κ1) is 18.6. The summed E-state index contributed by atoms with van der Waals surface area (Å²) in [4.78, 5) is 24.9. The van der Waals surface area contributed by atoms with Crippen LogP contribution in [0.15, 0.2) is 54.9 Å². The van der Waals surface area contributed by atoms with Crippen LogP contribution in [-0.4, -0.2) is 20.9 Å². The van der Waals surface area contributed by atoms with Gasteiger partial charge in [-0.2, -0.15) is 0 Å². The second-order valence-electron chi connectivity index (χ2n) is 6.44. The van der Waals surface area contributed by atoms with Gasteiger partial charge in [0, 0.05) is 0 Å². The number of hydrogen-bond acceptors (Lipinski definition) is 8. The number of thiazole rings is 1. The minimum absolute atomic E-state index is 0.203. The van der Waals surface area contributed by atoms with Crippen LogP contribution in [0, 0.1) is 6.92 Å². The zero-order valence-corrected chi connectivity index (χ0v) is 16.5. The van der Waals surface area contributed by atoms with Crippen LogP contribution in [0.2, 0.25) is 0 Å². The fourth-order valence-corrected chi connectivity index (χ4v) is 3.70. The van der Waals surface area contributed by atoms with Crippen LogP contribution in [0.25, 0.3) is 10.2 Å². The highest BCUT2D eigenvalue weighted by Crippen LogP contribution is 2.31. The number of aryl methyl sites for hydroxylation is 1. The average molecular weight is 405 g/mol. The Bertz CT molecular complexity index is 1160. The van der Waals surface area contributed by atoms with Crippen LogP contribution < -0.4 is 21.9 Å². The maximum atomic E-state index is 12.1. The van der Waals surface area contributed by atoms with Gasteiger partial charge < -0.3 is 11.1 Å². The van der Waals surface area contributed by atoms with E-state index in [2.05, 4.69) is 37.2 Å². The smallest absolute Gasteiger partial charge is 0.242 e. The number of rotatable bonds is 6. The van der Waals surface area contributed by atoms with Gasteiger partial charge in [-0.25, -0.2) is 15.0 Å². The Labute approximate surface area is 171 Å². The van der Waals surface area contributed by atoms with E-state index >= 15 is 0 Å². The van der Waals surface area contributed by atoms with Crippen molar-refractivity contribution in [1.82, 2.24) is 20.4 Å². The molecule has 146 valence electrons. The Hall–Kier alpha value is -3.72. The predicted molar refractivity (Wildman–Crippen MR) is 116 cm³/mol. The first-order valence-corrected chi connectivity index (χ1v) is 9.73. The Balaban J connectivity index is 1.44. The minimum Gasteiger partial charge on any atom is -0.393 e. The molecule has 8 nitrogen and oxygen atoms in total. The largest absolute Gasteiger partial charge is 0.393 e. The summed E-state index contributed by atoms with van der Waals surface area (Å²) in [5.74, 6) is 0.515. The van der Waals surface area contributed by atoms with Gasteiger partial charge in [-0.05, 0) is 30.2 Å². The monoisotopic (exact) mass is 405 g/mol.